The van der Waals surface area contributed by atoms with Crippen LogP contribution in [0.4, 0.5) is 0 Å². The number of rotatable bonds is 6. The summed E-state index contributed by atoms with van der Waals surface area (Å²) in [5.41, 5.74) is 1.42. The zero-order valence-corrected chi connectivity index (χ0v) is 11.8. The van der Waals surface area contributed by atoms with E-state index >= 15 is 0 Å². The van der Waals surface area contributed by atoms with Gasteiger partial charge in [0.2, 0.25) is 0 Å². The highest BCUT2D eigenvalue weighted by Crippen LogP contribution is 2.16. The Kier molecular flexibility index (Phi) is 5.83. The highest BCUT2D eigenvalue weighted by molar-refractivity contribution is 6.31. The lowest BCUT2D eigenvalue weighted by atomic mass is 10.1. The van der Waals surface area contributed by atoms with Crippen molar-refractivity contribution in [2.24, 2.45) is 0 Å². The van der Waals surface area contributed by atoms with Crippen LogP contribution in [0.25, 0.3) is 0 Å². The molecule has 2 N–H and O–H groups in total. The summed E-state index contributed by atoms with van der Waals surface area (Å²) in [5.74, 6) is -0.977. The lowest BCUT2D eigenvalue weighted by Gasteiger charge is -2.13. The standard InChI is InChI=1S/C14H18ClNO3/c1-9-8-11(6-7-12(9)15)14(19)16-10(2)4-3-5-13(17)18/h6-8,10H,3-5H2,1-2H3,(H,16,19)(H,17,18). The number of carboxylic acid groups (broad SMARTS) is 1. The minimum atomic E-state index is -0.813. The van der Waals surface area contributed by atoms with Crippen molar-refractivity contribution >= 4 is 23.5 Å². The largest absolute Gasteiger partial charge is 0.481 e. The molecular weight excluding hydrogens is 266 g/mol. The van der Waals surface area contributed by atoms with Crippen LogP contribution >= 0.6 is 11.6 Å². The number of benzene rings is 1. The van der Waals surface area contributed by atoms with E-state index in [0.29, 0.717) is 23.4 Å². The molecule has 1 unspecified atom stereocenters. The van der Waals surface area contributed by atoms with Crippen molar-refractivity contribution in [1.29, 1.82) is 0 Å². The maximum Gasteiger partial charge on any atom is 0.303 e. The molecule has 5 heteroatoms. The fraction of sp³-hybridized carbons (Fsp3) is 0.429. The molecule has 0 aliphatic carbocycles. The van der Waals surface area contributed by atoms with Crippen molar-refractivity contribution in [2.45, 2.75) is 39.2 Å². The number of carbonyl (C=O) groups excluding carboxylic acids is 1. The van der Waals surface area contributed by atoms with E-state index in [4.69, 9.17) is 16.7 Å². The Labute approximate surface area is 117 Å². The van der Waals surface area contributed by atoms with Gasteiger partial charge in [0, 0.05) is 23.0 Å². The van der Waals surface area contributed by atoms with E-state index in [1.807, 2.05) is 13.8 Å². The number of amides is 1. The predicted molar refractivity (Wildman–Crippen MR) is 74.6 cm³/mol. The molecule has 0 saturated carbocycles. The Balaban J connectivity index is 2.49. The monoisotopic (exact) mass is 283 g/mol. The number of halogens is 1. The Morgan fingerprint density at radius 1 is 1.42 bits per heavy atom. The molecule has 1 amide bonds. The zero-order chi connectivity index (χ0) is 14.4. The second kappa shape index (κ2) is 7.14. The molecule has 1 atom stereocenters. The summed E-state index contributed by atoms with van der Waals surface area (Å²) in [6, 6.07) is 5.06. The quantitative estimate of drug-likeness (QED) is 0.843. The Morgan fingerprint density at radius 2 is 2.11 bits per heavy atom. The third-order valence-electron chi connectivity index (χ3n) is 2.83. The molecule has 1 rings (SSSR count). The van der Waals surface area contributed by atoms with Crippen LogP contribution in [0.3, 0.4) is 0 Å². The van der Waals surface area contributed by atoms with Gasteiger partial charge in [0.05, 0.1) is 0 Å². The normalized spacial score (nSPS) is 11.9. The number of hydrogen-bond acceptors (Lipinski definition) is 2. The number of aliphatic carboxylic acids is 1. The van der Waals surface area contributed by atoms with Crippen molar-refractivity contribution < 1.29 is 14.7 Å². The Hall–Kier alpha value is -1.55. The van der Waals surface area contributed by atoms with Gasteiger partial charge in [-0.05, 0) is 50.5 Å². The van der Waals surface area contributed by atoms with Gasteiger partial charge >= 0.3 is 5.97 Å². The van der Waals surface area contributed by atoms with Crippen LogP contribution in [-0.4, -0.2) is 23.0 Å². The van der Waals surface area contributed by atoms with Gasteiger partial charge in [0.25, 0.3) is 5.91 Å². The molecule has 0 spiro atoms. The van der Waals surface area contributed by atoms with Gasteiger partial charge in [0.1, 0.15) is 0 Å². The van der Waals surface area contributed by atoms with E-state index in [1.165, 1.54) is 0 Å². The lowest BCUT2D eigenvalue weighted by molar-refractivity contribution is -0.137. The minimum Gasteiger partial charge on any atom is -0.481 e. The van der Waals surface area contributed by atoms with Crippen LogP contribution < -0.4 is 5.32 Å². The van der Waals surface area contributed by atoms with Crippen LogP contribution in [-0.2, 0) is 4.79 Å². The molecule has 19 heavy (non-hydrogen) atoms. The molecule has 0 bridgehead atoms. The van der Waals surface area contributed by atoms with Crippen molar-refractivity contribution in [1.82, 2.24) is 5.32 Å². The van der Waals surface area contributed by atoms with Crippen LogP contribution in [0, 0.1) is 6.92 Å². The van der Waals surface area contributed by atoms with Crippen molar-refractivity contribution in [3.05, 3.63) is 34.3 Å². The maximum absolute atomic E-state index is 11.9. The lowest BCUT2D eigenvalue weighted by Crippen LogP contribution is -2.32. The van der Waals surface area contributed by atoms with Crippen molar-refractivity contribution in [2.75, 3.05) is 0 Å². The zero-order valence-electron chi connectivity index (χ0n) is 11.1. The SMILES string of the molecule is Cc1cc(C(=O)NC(C)CCCC(=O)O)ccc1Cl. The first-order valence-electron chi connectivity index (χ1n) is 6.19. The van der Waals surface area contributed by atoms with Gasteiger partial charge in [0.15, 0.2) is 0 Å². The number of nitrogens with one attached hydrogen (secondary N) is 1. The van der Waals surface area contributed by atoms with E-state index in [-0.39, 0.29) is 18.4 Å². The Morgan fingerprint density at radius 3 is 2.68 bits per heavy atom. The third-order valence-corrected chi connectivity index (χ3v) is 3.25. The summed E-state index contributed by atoms with van der Waals surface area (Å²) in [7, 11) is 0. The van der Waals surface area contributed by atoms with Gasteiger partial charge in [-0.2, -0.15) is 0 Å². The van der Waals surface area contributed by atoms with Gasteiger partial charge < -0.3 is 10.4 Å². The second-order valence-corrected chi connectivity index (χ2v) is 5.03. The van der Waals surface area contributed by atoms with Gasteiger partial charge in [-0.25, -0.2) is 0 Å². The van der Waals surface area contributed by atoms with Gasteiger partial charge in [-0.1, -0.05) is 11.6 Å². The minimum absolute atomic E-state index is 0.0529. The molecule has 1 aromatic rings. The fourth-order valence-corrected chi connectivity index (χ4v) is 1.84. The first-order chi connectivity index (χ1) is 8.90. The predicted octanol–water partition coefficient (Wildman–Crippen LogP) is 3.02. The molecule has 0 fully saturated rings. The number of carbonyl (C=O) groups is 2. The first-order valence-corrected chi connectivity index (χ1v) is 6.56. The fourth-order valence-electron chi connectivity index (χ4n) is 1.72. The molecule has 104 valence electrons. The average molecular weight is 284 g/mol. The van der Waals surface area contributed by atoms with Crippen molar-refractivity contribution in [3.63, 3.8) is 0 Å². The van der Waals surface area contributed by atoms with E-state index in [2.05, 4.69) is 5.32 Å². The summed E-state index contributed by atoms with van der Waals surface area (Å²) < 4.78 is 0. The summed E-state index contributed by atoms with van der Waals surface area (Å²) in [6.45, 7) is 3.71. The smallest absolute Gasteiger partial charge is 0.303 e. The molecule has 0 radical (unpaired) electrons. The topological polar surface area (TPSA) is 66.4 Å². The van der Waals surface area contributed by atoms with E-state index in [0.717, 1.165) is 5.56 Å². The molecule has 1 aromatic carbocycles. The highest BCUT2D eigenvalue weighted by Gasteiger charge is 2.11. The molecule has 0 heterocycles. The second-order valence-electron chi connectivity index (χ2n) is 4.62. The number of aryl methyl sites for hydroxylation is 1. The van der Waals surface area contributed by atoms with Crippen molar-refractivity contribution in [3.8, 4) is 0 Å². The van der Waals surface area contributed by atoms with Crippen LogP contribution in [0.1, 0.15) is 42.1 Å². The van der Waals surface area contributed by atoms with E-state index < -0.39 is 5.97 Å². The summed E-state index contributed by atoms with van der Waals surface area (Å²) in [6.07, 6.45) is 1.32. The molecule has 4 nitrogen and oxygen atoms in total. The molecule has 0 aliphatic heterocycles. The first kappa shape index (κ1) is 15.5. The maximum atomic E-state index is 11.9. The van der Waals surface area contributed by atoms with E-state index in [1.54, 1.807) is 18.2 Å². The Bertz CT molecular complexity index is 474. The highest BCUT2D eigenvalue weighted by atomic mass is 35.5. The van der Waals surface area contributed by atoms with Crippen LogP contribution in [0.2, 0.25) is 5.02 Å². The van der Waals surface area contributed by atoms with Crippen LogP contribution in [0.15, 0.2) is 18.2 Å². The van der Waals surface area contributed by atoms with Gasteiger partial charge in [-0.15, -0.1) is 0 Å². The van der Waals surface area contributed by atoms with Gasteiger partial charge in [-0.3, -0.25) is 9.59 Å². The van der Waals surface area contributed by atoms with Crippen LogP contribution in [0.5, 0.6) is 0 Å². The number of carboxylic acids is 1. The number of hydrogen-bond donors (Lipinski definition) is 2. The molecule has 0 aliphatic rings. The molecule has 0 aromatic heterocycles. The van der Waals surface area contributed by atoms with E-state index in [9.17, 15) is 9.59 Å². The molecule has 0 saturated heterocycles. The summed E-state index contributed by atoms with van der Waals surface area (Å²) in [5, 5.41) is 12.0. The summed E-state index contributed by atoms with van der Waals surface area (Å²) in [4.78, 5) is 22.3. The average Bonchev–Trinajstić information content (AvgIpc) is 2.32. The molecular formula is C14H18ClNO3. The third kappa shape index (κ3) is 5.30. The summed E-state index contributed by atoms with van der Waals surface area (Å²) >= 11 is 5.90.